The van der Waals surface area contributed by atoms with Crippen molar-refractivity contribution < 1.29 is 18.3 Å². The summed E-state index contributed by atoms with van der Waals surface area (Å²) in [5.41, 5.74) is -1.55. The van der Waals surface area contributed by atoms with Gasteiger partial charge in [0, 0.05) is 11.8 Å². The molecule has 164 valence electrons. The van der Waals surface area contributed by atoms with Crippen LogP contribution in [-0.4, -0.2) is 48.0 Å². The zero-order valence-corrected chi connectivity index (χ0v) is 17.3. The minimum Gasteiger partial charge on any atom is -0.468 e. The first-order valence-corrected chi connectivity index (χ1v) is 9.39. The third-order valence-electron chi connectivity index (χ3n) is 4.94. The molecule has 12 heteroatoms. The molecular weight excluding hydrogens is 424 g/mol. The summed E-state index contributed by atoms with van der Waals surface area (Å²) in [6, 6.07) is 2.66. The van der Waals surface area contributed by atoms with Gasteiger partial charge in [-0.2, -0.15) is 5.10 Å². The van der Waals surface area contributed by atoms with Crippen LogP contribution in [0.5, 0.6) is 0 Å². The Kier molecular flexibility index (Phi) is 5.20. The number of carbonyl (C=O) groups excluding carboxylic acids is 1. The molecule has 4 rings (SSSR count). The van der Waals surface area contributed by atoms with Crippen molar-refractivity contribution in [2.24, 2.45) is 0 Å². The molecule has 4 aromatic rings. The van der Waals surface area contributed by atoms with Gasteiger partial charge < -0.3 is 9.72 Å². The number of aromatic amines is 1. The first-order chi connectivity index (χ1) is 15.2. The van der Waals surface area contributed by atoms with Gasteiger partial charge in [-0.15, -0.1) is 10.2 Å². The van der Waals surface area contributed by atoms with Crippen molar-refractivity contribution in [3.8, 4) is 11.5 Å². The highest BCUT2D eigenvalue weighted by atomic mass is 19.1. The second-order valence-corrected chi connectivity index (χ2v) is 7.47. The van der Waals surface area contributed by atoms with Gasteiger partial charge in [0.25, 0.3) is 5.56 Å². The molecule has 0 atom stereocenters. The number of halogens is 2. The lowest BCUT2D eigenvalue weighted by Gasteiger charge is -2.18. The highest BCUT2D eigenvalue weighted by Gasteiger charge is 2.36. The molecule has 4 aromatic heterocycles. The van der Waals surface area contributed by atoms with Crippen LogP contribution in [0, 0.1) is 11.6 Å². The van der Waals surface area contributed by atoms with Gasteiger partial charge in [-0.3, -0.25) is 14.6 Å². The van der Waals surface area contributed by atoms with Crippen LogP contribution >= 0.6 is 0 Å². The minimum atomic E-state index is -1.35. The first kappa shape index (κ1) is 21.2. The van der Waals surface area contributed by atoms with E-state index >= 15 is 0 Å². The molecule has 4 heterocycles. The summed E-state index contributed by atoms with van der Waals surface area (Å²) in [6.07, 6.45) is 3.51. The summed E-state index contributed by atoms with van der Waals surface area (Å²) in [4.78, 5) is 35.0. The average molecular weight is 441 g/mol. The molecule has 0 saturated heterocycles. The Hall–Kier alpha value is -4.09. The van der Waals surface area contributed by atoms with Crippen molar-refractivity contribution in [3.05, 3.63) is 64.0 Å². The molecule has 0 aliphatic heterocycles. The molecule has 0 amide bonds. The van der Waals surface area contributed by atoms with Gasteiger partial charge in [0.15, 0.2) is 11.5 Å². The highest BCUT2D eigenvalue weighted by molar-refractivity contribution is 5.89. The predicted molar refractivity (Wildman–Crippen MR) is 107 cm³/mol. The van der Waals surface area contributed by atoms with Gasteiger partial charge >= 0.3 is 5.97 Å². The topological polar surface area (TPSA) is 129 Å². The number of pyridine rings is 2. The molecule has 0 spiro atoms. The number of esters is 1. The summed E-state index contributed by atoms with van der Waals surface area (Å²) in [5, 5.41) is 12.5. The van der Waals surface area contributed by atoms with Crippen molar-refractivity contribution in [2.45, 2.75) is 25.8 Å². The molecule has 32 heavy (non-hydrogen) atoms. The van der Waals surface area contributed by atoms with Gasteiger partial charge in [-0.1, -0.05) is 0 Å². The van der Waals surface area contributed by atoms with Crippen LogP contribution in [0.15, 0.2) is 35.5 Å². The molecule has 0 unspecified atom stereocenters. The van der Waals surface area contributed by atoms with Gasteiger partial charge in [-0.05, 0) is 26.0 Å². The van der Waals surface area contributed by atoms with Gasteiger partial charge in [-0.25, -0.2) is 18.4 Å². The molecule has 0 saturated carbocycles. The highest BCUT2D eigenvalue weighted by Crippen LogP contribution is 2.26. The number of rotatable bonds is 5. The SMILES string of the molecule is COC(=O)C(C)(C)c1nnc(-c2nn(Cc3ccncc3F)c3ncc(F)cc23)[nH]c1=O. The smallest absolute Gasteiger partial charge is 0.317 e. The number of fused-ring (bicyclic) bond motifs is 1. The van der Waals surface area contributed by atoms with Crippen molar-refractivity contribution in [1.82, 2.24) is 34.9 Å². The van der Waals surface area contributed by atoms with Gasteiger partial charge in [0.2, 0.25) is 0 Å². The van der Waals surface area contributed by atoms with E-state index in [2.05, 4.69) is 30.2 Å². The average Bonchev–Trinajstić information content (AvgIpc) is 3.11. The maximum Gasteiger partial charge on any atom is 0.317 e. The van der Waals surface area contributed by atoms with E-state index in [9.17, 15) is 18.4 Å². The van der Waals surface area contributed by atoms with E-state index in [0.29, 0.717) is 0 Å². The fraction of sp³-hybridized carbons (Fsp3) is 0.250. The van der Waals surface area contributed by atoms with E-state index in [-0.39, 0.29) is 40.4 Å². The number of nitrogens with one attached hydrogen (secondary N) is 1. The number of hydrogen-bond donors (Lipinski definition) is 1. The summed E-state index contributed by atoms with van der Waals surface area (Å²) in [7, 11) is 1.20. The van der Waals surface area contributed by atoms with E-state index in [4.69, 9.17) is 4.74 Å². The molecule has 0 aliphatic rings. The molecule has 0 aromatic carbocycles. The molecular formula is C20H17F2N7O3. The second kappa shape index (κ2) is 7.87. The summed E-state index contributed by atoms with van der Waals surface area (Å²) in [6.45, 7) is 2.93. The van der Waals surface area contributed by atoms with E-state index in [1.807, 2.05) is 0 Å². The molecule has 0 fully saturated rings. The standard InChI is InChI=1S/C20H17F2N7O3/c1-20(2,19(31)32-3)15-18(30)25-16(27-26-15)14-12-6-11(21)7-24-17(12)29(28-14)9-10-4-5-23-8-13(10)22/h4-8H,9H2,1-3H3,(H,25,27,30). The number of carbonyl (C=O) groups is 1. The molecule has 0 bridgehead atoms. The first-order valence-electron chi connectivity index (χ1n) is 9.39. The number of ether oxygens (including phenoxy) is 1. The Balaban J connectivity index is 1.84. The van der Waals surface area contributed by atoms with Crippen LogP contribution in [0.1, 0.15) is 25.1 Å². The quantitative estimate of drug-likeness (QED) is 0.464. The number of H-pyrrole nitrogens is 1. The number of nitrogens with zero attached hydrogens (tertiary/aromatic N) is 6. The van der Waals surface area contributed by atoms with Crippen molar-refractivity contribution in [3.63, 3.8) is 0 Å². The van der Waals surface area contributed by atoms with Crippen LogP contribution in [0.3, 0.4) is 0 Å². The molecule has 10 nitrogen and oxygen atoms in total. The lowest BCUT2D eigenvalue weighted by atomic mass is 9.90. The monoisotopic (exact) mass is 441 g/mol. The summed E-state index contributed by atoms with van der Waals surface area (Å²) < 4.78 is 34.1. The van der Waals surface area contributed by atoms with Crippen LogP contribution in [-0.2, 0) is 21.5 Å². The third kappa shape index (κ3) is 3.59. The van der Waals surface area contributed by atoms with E-state index in [0.717, 1.165) is 12.4 Å². The Bertz CT molecular complexity index is 1400. The van der Waals surface area contributed by atoms with Crippen molar-refractivity contribution in [2.75, 3.05) is 7.11 Å². The van der Waals surface area contributed by atoms with E-state index < -0.39 is 28.6 Å². The van der Waals surface area contributed by atoms with Crippen LogP contribution in [0.25, 0.3) is 22.6 Å². The molecule has 1 N–H and O–H groups in total. The Morgan fingerprint density at radius 3 is 2.72 bits per heavy atom. The Labute approximate surface area is 179 Å². The zero-order chi connectivity index (χ0) is 23.0. The van der Waals surface area contributed by atoms with Crippen LogP contribution < -0.4 is 5.56 Å². The number of aromatic nitrogens is 7. The van der Waals surface area contributed by atoms with Crippen molar-refractivity contribution in [1.29, 1.82) is 0 Å². The minimum absolute atomic E-state index is 0.0192. The van der Waals surface area contributed by atoms with Crippen molar-refractivity contribution >= 4 is 17.0 Å². The molecule has 0 radical (unpaired) electrons. The third-order valence-corrected chi connectivity index (χ3v) is 4.94. The number of hydrogen-bond acceptors (Lipinski definition) is 8. The summed E-state index contributed by atoms with van der Waals surface area (Å²) >= 11 is 0. The maximum atomic E-state index is 14.1. The Morgan fingerprint density at radius 1 is 1.25 bits per heavy atom. The van der Waals surface area contributed by atoms with Gasteiger partial charge in [0.05, 0.1) is 31.4 Å². The zero-order valence-electron chi connectivity index (χ0n) is 17.3. The largest absolute Gasteiger partial charge is 0.468 e. The second-order valence-electron chi connectivity index (χ2n) is 7.47. The van der Waals surface area contributed by atoms with Gasteiger partial charge in [0.1, 0.15) is 28.4 Å². The molecule has 0 aliphatic carbocycles. The van der Waals surface area contributed by atoms with Crippen LogP contribution in [0.4, 0.5) is 8.78 Å². The number of methoxy groups -OCH3 is 1. The fourth-order valence-corrected chi connectivity index (χ4v) is 3.22. The summed E-state index contributed by atoms with van der Waals surface area (Å²) in [5.74, 6) is -1.90. The van der Waals surface area contributed by atoms with Crippen LogP contribution in [0.2, 0.25) is 0 Å². The van der Waals surface area contributed by atoms with E-state index in [1.165, 1.54) is 44.0 Å². The predicted octanol–water partition coefficient (Wildman–Crippen LogP) is 1.75. The lowest BCUT2D eigenvalue weighted by molar-refractivity contribution is -0.146. The van der Waals surface area contributed by atoms with E-state index in [1.54, 1.807) is 0 Å². The fourth-order valence-electron chi connectivity index (χ4n) is 3.22. The normalized spacial score (nSPS) is 11.7. The lowest BCUT2D eigenvalue weighted by Crippen LogP contribution is -2.38. The maximum absolute atomic E-state index is 14.1. The Morgan fingerprint density at radius 2 is 2.03 bits per heavy atom.